The van der Waals surface area contributed by atoms with Crippen molar-refractivity contribution in [3.63, 3.8) is 0 Å². The van der Waals surface area contributed by atoms with E-state index in [1.54, 1.807) is 35.2 Å². The van der Waals surface area contributed by atoms with Crippen LogP contribution < -0.4 is 5.43 Å². The van der Waals surface area contributed by atoms with Crippen molar-refractivity contribution >= 4 is 22.1 Å². The molecule has 2 N–H and O–H groups in total. The minimum absolute atomic E-state index is 0.0307. The van der Waals surface area contributed by atoms with Crippen LogP contribution in [0.1, 0.15) is 11.1 Å². The Labute approximate surface area is 181 Å². The molecule has 0 radical (unpaired) electrons. The number of hydrogen-bond acceptors (Lipinski definition) is 6. The number of hydrogen-bond donors (Lipinski definition) is 2. The number of aromatic hydroxyl groups is 1. The summed E-state index contributed by atoms with van der Waals surface area (Å²) in [6.45, 7) is 1.69. The fourth-order valence-electron chi connectivity index (χ4n) is 3.22. The van der Waals surface area contributed by atoms with E-state index < -0.39 is 22.1 Å². The molecule has 2 aromatic rings. The monoisotopic (exact) mass is 448 g/mol. The van der Waals surface area contributed by atoms with Crippen LogP contribution in [0.15, 0.2) is 58.5 Å². The predicted octanol–water partition coefficient (Wildman–Crippen LogP) is 1.50. The number of hydrazone groups is 1. The van der Waals surface area contributed by atoms with Crippen molar-refractivity contribution in [1.82, 2.24) is 14.6 Å². The molecule has 166 valence electrons. The Morgan fingerprint density at radius 3 is 2.61 bits per heavy atom. The molecule has 0 aromatic heterocycles. The van der Waals surface area contributed by atoms with E-state index in [9.17, 15) is 22.7 Å². The predicted molar refractivity (Wildman–Crippen MR) is 115 cm³/mol. The van der Waals surface area contributed by atoms with Gasteiger partial charge in [0.25, 0.3) is 5.91 Å². The summed E-state index contributed by atoms with van der Waals surface area (Å²) in [6.07, 6.45) is -0.121. The van der Waals surface area contributed by atoms with Gasteiger partial charge >= 0.3 is 0 Å². The standard InChI is InChI=1S/C21H25FN4O4S/c1-16-6-8-19(9-7-16)31(29,30)26-11-10-25(13-18(22)14-26)15-21(28)24-23-12-17-4-2-3-5-20(17)27/h2-9,12,18,27H,10-11,13-15H2,1H3,(H,24,28)/b23-12+. The Morgan fingerprint density at radius 1 is 1.19 bits per heavy atom. The molecule has 8 nitrogen and oxygen atoms in total. The average Bonchev–Trinajstić information content (AvgIpc) is 2.91. The van der Waals surface area contributed by atoms with Crippen molar-refractivity contribution in [3.8, 4) is 5.75 Å². The second-order valence-electron chi connectivity index (χ2n) is 7.36. The highest BCUT2D eigenvalue weighted by Crippen LogP contribution is 2.19. The fourth-order valence-corrected chi connectivity index (χ4v) is 4.68. The lowest BCUT2D eigenvalue weighted by molar-refractivity contribution is -0.122. The minimum Gasteiger partial charge on any atom is -0.507 e. The zero-order valence-electron chi connectivity index (χ0n) is 17.1. The number of benzene rings is 2. The molecule has 2 aromatic carbocycles. The quantitative estimate of drug-likeness (QED) is 0.515. The molecule has 31 heavy (non-hydrogen) atoms. The summed E-state index contributed by atoms with van der Waals surface area (Å²) in [6, 6.07) is 12.9. The molecule has 1 heterocycles. The minimum atomic E-state index is -3.82. The van der Waals surface area contributed by atoms with Crippen LogP contribution in [0.3, 0.4) is 0 Å². The van der Waals surface area contributed by atoms with Crippen LogP contribution in [-0.4, -0.2) is 73.7 Å². The first-order chi connectivity index (χ1) is 14.8. The number of phenolic OH excluding ortho intramolecular Hbond substituents is 1. The molecular formula is C21H25FN4O4S. The van der Waals surface area contributed by atoms with Gasteiger partial charge < -0.3 is 5.11 Å². The molecule has 1 unspecified atom stereocenters. The number of phenols is 1. The summed E-state index contributed by atoms with van der Waals surface area (Å²) in [5, 5.41) is 13.5. The summed E-state index contributed by atoms with van der Waals surface area (Å²) in [5.74, 6) is -0.433. The fraction of sp³-hybridized carbons (Fsp3) is 0.333. The number of amides is 1. The summed E-state index contributed by atoms with van der Waals surface area (Å²) in [4.78, 5) is 13.8. The van der Waals surface area contributed by atoms with Gasteiger partial charge in [0.1, 0.15) is 11.9 Å². The summed E-state index contributed by atoms with van der Waals surface area (Å²) in [5.41, 5.74) is 3.71. The second-order valence-corrected chi connectivity index (χ2v) is 9.30. The third-order valence-electron chi connectivity index (χ3n) is 4.88. The van der Waals surface area contributed by atoms with Gasteiger partial charge in [0.15, 0.2) is 0 Å². The lowest BCUT2D eigenvalue weighted by atomic mass is 10.2. The molecular weight excluding hydrogens is 423 g/mol. The van der Waals surface area contributed by atoms with Gasteiger partial charge in [-0.2, -0.15) is 9.41 Å². The Balaban J connectivity index is 1.58. The molecule has 10 heteroatoms. The largest absolute Gasteiger partial charge is 0.507 e. The van der Waals surface area contributed by atoms with Crippen molar-refractivity contribution in [2.45, 2.75) is 18.0 Å². The van der Waals surface area contributed by atoms with Gasteiger partial charge in [-0.25, -0.2) is 18.2 Å². The first kappa shape index (κ1) is 22.9. The smallest absolute Gasteiger partial charge is 0.254 e. The van der Waals surface area contributed by atoms with Crippen LogP contribution in [0, 0.1) is 6.92 Å². The lowest BCUT2D eigenvalue weighted by Gasteiger charge is -2.21. The van der Waals surface area contributed by atoms with Crippen LogP contribution in [-0.2, 0) is 14.8 Å². The lowest BCUT2D eigenvalue weighted by Crippen LogP contribution is -2.39. The van der Waals surface area contributed by atoms with Crippen molar-refractivity contribution in [1.29, 1.82) is 0 Å². The van der Waals surface area contributed by atoms with E-state index in [1.165, 1.54) is 24.4 Å². The maximum absolute atomic E-state index is 14.5. The molecule has 1 amide bonds. The van der Waals surface area contributed by atoms with E-state index in [2.05, 4.69) is 10.5 Å². The van der Waals surface area contributed by atoms with Crippen LogP contribution in [0.25, 0.3) is 0 Å². The normalized spacial score (nSPS) is 18.7. The first-order valence-corrected chi connectivity index (χ1v) is 11.2. The maximum atomic E-state index is 14.5. The number of nitrogens with one attached hydrogen (secondary N) is 1. The van der Waals surface area contributed by atoms with Gasteiger partial charge in [0, 0.05) is 31.7 Å². The van der Waals surface area contributed by atoms with E-state index >= 15 is 0 Å². The molecule has 1 aliphatic rings. The Morgan fingerprint density at radius 2 is 1.90 bits per heavy atom. The average molecular weight is 449 g/mol. The molecule has 1 aliphatic heterocycles. The number of carbonyl (C=O) groups is 1. The van der Waals surface area contributed by atoms with Gasteiger partial charge in [-0.05, 0) is 31.2 Å². The Kier molecular flexibility index (Phi) is 7.37. The third-order valence-corrected chi connectivity index (χ3v) is 6.76. The van der Waals surface area contributed by atoms with Gasteiger partial charge in [0.05, 0.1) is 17.7 Å². The molecule has 0 bridgehead atoms. The molecule has 1 saturated heterocycles. The molecule has 1 atom stereocenters. The van der Waals surface area contributed by atoms with Crippen molar-refractivity contribution in [2.24, 2.45) is 5.10 Å². The highest BCUT2D eigenvalue weighted by Gasteiger charge is 2.31. The molecule has 0 saturated carbocycles. The first-order valence-electron chi connectivity index (χ1n) is 9.79. The number of nitrogens with zero attached hydrogens (tertiary/aromatic N) is 3. The molecule has 1 fully saturated rings. The van der Waals surface area contributed by atoms with E-state index in [0.29, 0.717) is 5.56 Å². The zero-order chi connectivity index (χ0) is 22.4. The van der Waals surface area contributed by atoms with E-state index in [4.69, 9.17) is 0 Å². The number of sulfonamides is 1. The van der Waals surface area contributed by atoms with Crippen LogP contribution in [0.2, 0.25) is 0 Å². The van der Waals surface area contributed by atoms with Crippen molar-refractivity contribution in [3.05, 3.63) is 59.7 Å². The zero-order valence-corrected chi connectivity index (χ0v) is 17.9. The van der Waals surface area contributed by atoms with Crippen LogP contribution in [0.4, 0.5) is 4.39 Å². The number of carbonyl (C=O) groups excluding carboxylic acids is 1. The van der Waals surface area contributed by atoms with E-state index in [-0.39, 0.29) is 43.4 Å². The van der Waals surface area contributed by atoms with Gasteiger partial charge in [-0.1, -0.05) is 29.8 Å². The number of aryl methyl sites for hydroxylation is 1. The highest BCUT2D eigenvalue weighted by molar-refractivity contribution is 7.89. The van der Waals surface area contributed by atoms with Gasteiger partial charge in [-0.15, -0.1) is 0 Å². The summed E-state index contributed by atoms with van der Waals surface area (Å²) >= 11 is 0. The Bertz CT molecular complexity index is 1040. The Hall–Kier alpha value is -2.82. The van der Waals surface area contributed by atoms with Crippen molar-refractivity contribution in [2.75, 3.05) is 32.7 Å². The molecule has 0 aliphatic carbocycles. The number of alkyl halides is 1. The summed E-state index contributed by atoms with van der Waals surface area (Å²) in [7, 11) is -3.82. The second kappa shape index (κ2) is 9.99. The third kappa shape index (κ3) is 6.09. The SMILES string of the molecule is Cc1ccc(S(=O)(=O)N2CCN(CC(=O)N/N=C/c3ccccc3O)CC(F)C2)cc1. The maximum Gasteiger partial charge on any atom is 0.254 e. The number of halogens is 1. The number of para-hydroxylation sites is 1. The molecule has 3 rings (SSSR count). The van der Waals surface area contributed by atoms with Gasteiger partial charge in [0.2, 0.25) is 10.0 Å². The highest BCUT2D eigenvalue weighted by atomic mass is 32.2. The topological polar surface area (TPSA) is 102 Å². The van der Waals surface area contributed by atoms with E-state index in [0.717, 1.165) is 9.87 Å². The molecule has 0 spiro atoms. The number of rotatable bonds is 6. The van der Waals surface area contributed by atoms with Crippen molar-refractivity contribution < 1.29 is 22.7 Å². The van der Waals surface area contributed by atoms with E-state index in [1.807, 2.05) is 6.92 Å². The van der Waals surface area contributed by atoms with Crippen LogP contribution in [0.5, 0.6) is 5.75 Å². The van der Waals surface area contributed by atoms with Crippen LogP contribution >= 0.6 is 0 Å². The summed E-state index contributed by atoms with van der Waals surface area (Å²) < 4.78 is 41.3. The van der Waals surface area contributed by atoms with Gasteiger partial charge in [-0.3, -0.25) is 9.69 Å².